The first-order chi connectivity index (χ1) is 2.00. The fourth-order valence-electron chi connectivity index (χ4n) is 0. The van der Waals surface area contributed by atoms with Gasteiger partial charge in [0.2, 0.25) is 0 Å². The van der Waals surface area contributed by atoms with Crippen LogP contribution in [0.3, 0.4) is 0 Å². The Morgan fingerprint density at radius 1 is 1.12 bits per heavy atom. The third-order valence-electron chi connectivity index (χ3n) is 0. The summed E-state index contributed by atoms with van der Waals surface area (Å²) >= 11 is 0. The Morgan fingerprint density at radius 2 is 1.12 bits per heavy atom. The van der Waals surface area contributed by atoms with Crippen LogP contribution in [-0.2, 0) is 27.5 Å². The Bertz CT molecular complexity index is 95.6. The summed E-state index contributed by atoms with van der Waals surface area (Å²) in [6.07, 6.45) is 0. The molecular weight excluding hydrogens is 203 g/mol. The van der Waals surface area contributed by atoms with E-state index in [1.165, 1.54) is 0 Å². The van der Waals surface area contributed by atoms with Crippen LogP contribution in [-0.4, -0.2) is 40.4 Å². The minimum Gasteiger partial charge on any atom is -0.759 e. The Morgan fingerprint density at radius 3 is 1.12 bits per heavy atom. The summed E-state index contributed by atoms with van der Waals surface area (Å²) < 4.78 is 34.1. The molecule has 0 fully saturated rings. The van der Waals surface area contributed by atoms with E-state index in [2.05, 4.69) is 0 Å². The molecule has 1 radical (unpaired) electrons. The maximum Gasteiger partial charge on any atom is 3.00 e. The van der Waals surface area contributed by atoms with Crippen molar-refractivity contribution in [2.75, 3.05) is 0 Å². The van der Waals surface area contributed by atoms with Crippen LogP contribution >= 0.6 is 0 Å². The van der Waals surface area contributed by atoms with Crippen molar-refractivity contribution in [3.63, 3.8) is 0 Å². The van der Waals surface area contributed by atoms with Gasteiger partial charge in [0.25, 0.3) is 0 Å². The molecular formula is H2AlCuO5S+3. The van der Waals surface area contributed by atoms with Gasteiger partial charge in [0.1, 0.15) is 0 Å². The van der Waals surface area contributed by atoms with Crippen molar-refractivity contribution in [1.82, 2.24) is 0 Å². The van der Waals surface area contributed by atoms with E-state index < -0.39 is 10.4 Å². The molecule has 0 atom stereocenters. The van der Waals surface area contributed by atoms with Gasteiger partial charge in [0.05, 0.1) is 0 Å². The minimum atomic E-state index is -5.17. The summed E-state index contributed by atoms with van der Waals surface area (Å²) in [4.78, 5) is 0. The van der Waals surface area contributed by atoms with Crippen molar-refractivity contribution in [3.8, 4) is 0 Å². The van der Waals surface area contributed by atoms with Crippen molar-refractivity contribution in [3.05, 3.63) is 0 Å². The second-order valence-electron chi connectivity index (χ2n) is 0.408. The zero-order valence-electron chi connectivity index (χ0n) is 3.42. The van der Waals surface area contributed by atoms with E-state index >= 15 is 0 Å². The molecule has 0 heterocycles. The van der Waals surface area contributed by atoms with Crippen molar-refractivity contribution >= 4 is 27.8 Å². The molecule has 0 aromatic rings. The molecule has 5 nitrogen and oxygen atoms in total. The van der Waals surface area contributed by atoms with Gasteiger partial charge in [-0.25, -0.2) is 0 Å². The number of hydrogen-bond donors (Lipinski definition) is 0. The molecule has 8 heteroatoms. The average molecular weight is 205 g/mol. The van der Waals surface area contributed by atoms with E-state index in [9.17, 15) is 0 Å². The standard InChI is InChI=1S/Al.Cu.H2O4S.H2O/c;;1-5(2,3)4;/h;;(H2,1,2,3,4);1H2/q+3;+2;;/p-2. The molecule has 0 aliphatic rings. The summed E-state index contributed by atoms with van der Waals surface area (Å²) in [7, 11) is -5.17. The summed E-state index contributed by atoms with van der Waals surface area (Å²) in [5.74, 6) is 0. The van der Waals surface area contributed by atoms with E-state index in [0.29, 0.717) is 0 Å². The van der Waals surface area contributed by atoms with Crippen LogP contribution < -0.4 is 0 Å². The fraction of sp³-hybridized carbons (Fsp3) is 0. The van der Waals surface area contributed by atoms with Gasteiger partial charge in [-0.3, -0.25) is 8.42 Å². The predicted octanol–water partition coefficient (Wildman–Crippen LogP) is -2.55. The third kappa shape index (κ3) is 306. The molecule has 0 saturated carbocycles. The van der Waals surface area contributed by atoms with Gasteiger partial charge in [-0.2, -0.15) is 0 Å². The largest absolute Gasteiger partial charge is 3.00 e. The maximum atomic E-state index is 8.52. The van der Waals surface area contributed by atoms with Crippen LogP contribution in [0.5, 0.6) is 0 Å². The quantitative estimate of drug-likeness (QED) is 0.246. The molecule has 0 rings (SSSR count). The molecule has 0 aliphatic heterocycles. The van der Waals surface area contributed by atoms with Gasteiger partial charge in [-0.1, -0.05) is 0 Å². The van der Waals surface area contributed by atoms with E-state index in [4.69, 9.17) is 17.5 Å². The minimum absolute atomic E-state index is 0. The molecule has 0 amide bonds. The molecule has 0 unspecified atom stereocenters. The normalized spacial score (nSPS) is 7.25. The molecule has 49 valence electrons. The van der Waals surface area contributed by atoms with Crippen molar-refractivity contribution in [2.45, 2.75) is 0 Å². The van der Waals surface area contributed by atoms with Gasteiger partial charge < -0.3 is 14.6 Å². The molecule has 0 aliphatic carbocycles. The Labute approximate surface area is 68.0 Å². The Hall–Kier alpha value is 0.882. The summed E-state index contributed by atoms with van der Waals surface area (Å²) in [6.45, 7) is 0. The van der Waals surface area contributed by atoms with E-state index in [1.54, 1.807) is 0 Å². The fourth-order valence-corrected chi connectivity index (χ4v) is 0. The van der Waals surface area contributed by atoms with Crippen LogP contribution in [0.2, 0.25) is 0 Å². The average Bonchev–Trinajstić information content (AvgIpc) is 0.722. The van der Waals surface area contributed by atoms with Crippen molar-refractivity contribution in [1.29, 1.82) is 0 Å². The van der Waals surface area contributed by atoms with Gasteiger partial charge in [0, 0.05) is 10.4 Å². The van der Waals surface area contributed by atoms with E-state index in [0.717, 1.165) is 0 Å². The van der Waals surface area contributed by atoms with Crippen LogP contribution in [0.4, 0.5) is 0 Å². The monoisotopic (exact) mass is 204 g/mol. The second kappa shape index (κ2) is 7.88. The molecule has 0 aromatic carbocycles. The van der Waals surface area contributed by atoms with Gasteiger partial charge in [-0.15, -0.1) is 0 Å². The second-order valence-corrected chi connectivity index (χ2v) is 1.22. The van der Waals surface area contributed by atoms with Crippen molar-refractivity contribution in [2.24, 2.45) is 0 Å². The molecule has 0 saturated heterocycles. The Kier molecular flexibility index (Phi) is 22.8. The van der Waals surface area contributed by atoms with Crippen molar-refractivity contribution < 1.29 is 40.1 Å². The van der Waals surface area contributed by atoms with Gasteiger partial charge >= 0.3 is 34.4 Å². The van der Waals surface area contributed by atoms with Gasteiger partial charge in [0.15, 0.2) is 0 Å². The zero-order valence-corrected chi connectivity index (χ0v) is 6.33. The number of rotatable bonds is 0. The first kappa shape index (κ1) is 23.2. The maximum absolute atomic E-state index is 8.52. The zero-order chi connectivity index (χ0) is 4.50. The predicted molar refractivity (Wildman–Crippen MR) is 19.8 cm³/mol. The van der Waals surface area contributed by atoms with Crippen LogP contribution in [0.25, 0.3) is 0 Å². The first-order valence-electron chi connectivity index (χ1n) is 0.667. The summed E-state index contributed by atoms with van der Waals surface area (Å²) in [5, 5.41) is 0. The molecule has 0 bridgehead atoms. The van der Waals surface area contributed by atoms with E-state index in [1.807, 2.05) is 0 Å². The smallest absolute Gasteiger partial charge is 0.759 e. The topological polar surface area (TPSA) is 112 Å². The van der Waals surface area contributed by atoms with E-state index in [-0.39, 0.29) is 39.9 Å². The molecule has 8 heavy (non-hydrogen) atoms. The van der Waals surface area contributed by atoms with Gasteiger partial charge in [-0.05, 0) is 0 Å². The third-order valence-corrected chi connectivity index (χ3v) is 0. The SMILES string of the molecule is O.O=S(=O)([O-])[O-].[Al+3].[Cu+2]. The van der Waals surface area contributed by atoms with Crippen LogP contribution in [0, 0.1) is 0 Å². The number of hydrogen-bond acceptors (Lipinski definition) is 4. The first-order valence-corrected chi connectivity index (χ1v) is 2.00. The molecule has 2 N–H and O–H groups in total. The summed E-state index contributed by atoms with van der Waals surface area (Å²) in [5.41, 5.74) is 0. The molecule has 0 spiro atoms. The Balaban J connectivity index is -0.0000000267. The molecule has 0 aromatic heterocycles. The van der Waals surface area contributed by atoms with Crippen LogP contribution in [0.1, 0.15) is 0 Å². The van der Waals surface area contributed by atoms with Crippen LogP contribution in [0.15, 0.2) is 0 Å². The summed E-state index contributed by atoms with van der Waals surface area (Å²) in [6, 6.07) is 0.